The highest BCUT2D eigenvalue weighted by molar-refractivity contribution is 8.03. The summed E-state index contributed by atoms with van der Waals surface area (Å²) in [6, 6.07) is 9.17. The van der Waals surface area contributed by atoms with E-state index in [0.29, 0.717) is 22.0 Å². The van der Waals surface area contributed by atoms with Crippen LogP contribution in [0.3, 0.4) is 0 Å². The number of benzene rings is 1. The second-order valence-corrected chi connectivity index (χ2v) is 6.22. The van der Waals surface area contributed by atoms with Crippen LogP contribution in [-0.2, 0) is 15.3 Å². The van der Waals surface area contributed by atoms with Crippen molar-refractivity contribution in [3.8, 4) is 0 Å². The summed E-state index contributed by atoms with van der Waals surface area (Å²) in [5.41, 5.74) is 0.693. The van der Waals surface area contributed by atoms with E-state index in [1.165, 1.54) is 40.9 Å². The van der Waals surface area contributed by atoms with E-state index in [0.717, 1.165) is 0 Å². The number of furan rings is 1. The fraction of sp³-hybridized carbons (Fsp3) is 0.176. The molecule has 0 saturated heterocycles. The van der Waals surface area contributed by atoms with Crippen molar-refractivity contribution in [3.05, 3.63) is 69.0 Å². The van der Waals surface area contributed by atoms with Crippen LogP contribution in [0.25, 0.3) is 5.57 Å². The molecule has 3 rings (SSSR count). The molecule has 2 aromatic rings. The minimum Gasteiger partial charge on any atom is -0.468 e. The largest absolute Gasteiger partial charge is 0.468 e. The summed E-state index contributed by atoms with van der Waals surface area (Å²) >= 11 is 1.23. The molecule has 2 heterocycles. The quantitative estimate of drug-likeness (QED) is 0.447. The van der Waals surface area contributed by atoms with E-state index in [9.17, 15) is 19.7 Å². The van der Waals surface area contributed by atoms with Crippen LogP contribution in [0.5, 0.6) is 0 Å². The molecule has 2 amide bonds. The first-order chi connectivity index (χ1) is 12.0. The van der Waals surface area contributed by atoms with Crippen LogP contribution in [0.2, 0.25) is 0 Å². The molecular formula is C17H14N2O5S. The molecule has 0 bridgehead atoms. The van der Waals surface area contributed by atoms with E-state index < -0.39 is 4.92 Å². The number of nitro groups is 1. The molecule has 0 fully saturated rings. The van der Waals surface area contributed by atoms with Crippen molar-refractivity contribution in [1.29, 1.82) is 0 Å². The lowest BCUT2D eigenvalue weighted by molar-refractivity contribution is -0.384. The highest BCUT2D eigenvalue weighted by atomic mass is 32.2. The van der Waals surface area contributed by atoms with Crippen molar-refractivity contribution in [2.75, 3.05) is 6.54 Å². The first kappa shape index (κ1) is 17.0. The smallest absolute Gasteiger partial charge is 0.269 e. The van der Waals surface area contributed by atoms with Gasteiger partial charge in [-0.05, 0) is 36.8 Å². The van der Waals surface area contributed by atoms with Gasteiger partial charge in [0.15, 0.2) is 0 Å². The van der Waals surface area contributed by atoms with Crippen LogP contribution in [-0.4, -0.2) is 28.2 Å². The van der Waals surface area contributed by atoms with E-state index in [-0.39, 0.29) is 29.6 Å². The number of hydrogen-bond donors (Lipinski definition) is 0. The molecule has 0 aliphatic carbocycles. The number of hydrogen-bond acceptors (Lipinski definition) is 6. The van der Waals surface area contributed by atoms with E-state index >= 15 is 0 Å². The topological polar surface area (TPSA) is 93.7 Å². The highest BCUT2D eigenvalue weighted by Crippen LogP contribution is 2.37. The molecule has 8 heteroatoms. The van der Waals surface area contributed by atoms with Crippen molar-refractivity contribution in [1.82, 2.24) is 4.90 Å². The molecule has 0 radical (unpaired) electrons. The summed E-state index contributed by atoms with van der Waals surface area (Å²) in [5, 5.41) is 10.8. The van der Waals surface area contributed by atoms with Gasteiger partial charge in [-0.2, -0.15) is 0 Å². The number of rotatable bonds is 6. The fourth-order valence-electron chi connectivity index (χ4n) is 2.52. The molecule has 1 aromatic carbocycles. The fourth-order valence-corrected chi connectivity index (χ4v) is 3.55. The molecule has 1 aliphatic rings. The van der Waals surface area contributed by atoms with Crippen LogP contribution in [0.15, 0.2) is 52.0 Å². The van der Waals surface area contributed by atoms with Gasteiger partial charge in [0.25, 0.3) is 17.5 Å². The number of nitrogens with zero attached hydrogens (tertiary/aromatic N) is 2. The minimum absolute atomic E-state index is 0.0711. The van der Waals surface area contributed by atoms with E-state index in [2.05, 4.69) is 0 Å². The number of imide groups is 1. The average Bonchev–Trinajstić information content (AvgIpc) is 3.19. The predicted molar refractivity (Wildman–Crippen MR) is 92.4 cm³/mol. The van der Waals surface area contributed by atoms with Gasteiger partial charge >= 0.3 is 0 Å². The third-order valence-corrected chi connectivity index (χ3v) is 4.84. The second-order valence-electron chi connectivity index (χ2n) is 5.23. The number of thioether (sulfide) groups is 1. The SMILES string of the molecule is CCN1C(=O)C(SCc2ccco2)=C(c2ccc([N+](=O)[O-])cc2)C1=O. The summed E-state index contributed by atoms with van der Waals surface area (Å²) < 4.78 is 5.26. The van der Waals surface area contributed by atoms with Crippen molar-refractivity contribution in [2.45, 2.75) is 12.7 Å². The van der Waals surface area contributed by atoms with E-state index in [4.69, 9.17) is 4.42 Å². The third-order valence-electron chi connectivity index (χ3n) is 3.75. The maximum Gasteiger partial charge on any atom is 0.269 e. The van der Waals surface area contributed by atoms with Gasteiger partial charge in [0.2, 0.25) is 0 Å². The Morgan fingerprint density at radius 2 is 1.88 bits per heavy atom. The molecule has 7 nitrogen and oxygen atoms in total. The van der Waals surface area contributed by atoms with Gasteiger partial charge in [-0.1, -0.05) is 0 Å². The Balaban J connectivity index is 1.97. The molecule has 1 aliphatic heterocycles. The molecule has 0 N–H and O–H groups in total. The zero-order valence-electron chi connectivity index (χ0n) is 13.3. The highest BCUT2D eigenvalue weighted by Gasteiger charge is 2.38. The first-order valence-electron chi connectivity index (χ1n) is 7.53. The van der Waals surface area contributed by atoms with Crippen molar-refractivity contribution >= 4 is 34.8 Å². The monoisotopic (exact) mass is 358 g/mol. The lowest BCUT2D eigenvalue weighted by Gasteiger charge is -2.11. The van der Waals surface area contributed by atoms with Crippen molar-refractivity contribution in [3.63, 3.8) is 0 Å². The summed E-state index contributed by atoms with van der Waals surface area (Å²) in [7, 11) is 0. The maximum atomic E-state index is 12.6. The molecule has 25 heavy (non-hydrogen) atoms. The Labute approximate surface area is 147 Å². The van der Waals surface area contributed by atoms with E-state index in [1.54, 1.807) is 25.3 Å². The number of nitro benzene ring substituents is 1. The zero-order chi connectivity index (χ0) is 18.0. The Morgan fingerprint density at radius 3 is 2.44 bits per heavy atom. The summed E-state index contributed by atoms with van der Waals surface area (Å²) in [4.78, 5) is 37.0. The molecular weight excluding hydrogens is 344 g/mol. The predicted octanol–water partition coefficient (Wildman–Crippen LogP) is 3.22. The van der Waals surface area contributed by atoms with Gasteiger partial charge in [0.05, 0.1) is 27.4 Å². The Morgan fingerprint density at radius 1 is 1.16 bits per heavy atom. The molecule has 128 valence electrons. The second kappa shape index (κ2) is 6.94. The summed E-state index contributed by atoms with van der Waals surface area (Å²) in [6.45, 7) is 1.99. The van der Waals surface area contributed by atoms with E-state index in [1.807, 2.05) is 0 Å². The lowest BCUT2D eigenvalue weighted by atomic mass is 10.1. The Hall–Kier alpha value is -2.87. The Kier molecular flexibility index (Phi) is 4.71. The van der Waals surface area contributed by atoms with Crippen molar-refractivity contribution < 1.29 is 18.9 Å². The number of amides is 2. The standard InChI is InChI=1S/C17H14N2O5S/c1-2-18-16(20)14(11-5-7-12(8-6-11)19(22)23)15(17(18)21)25-10-13-4-3-9-24-13/h3-9H,2,10H2,1H3. The maximum absolute atomic E-state index is 12.6. The molecule has 0 atom stereocenters. The van der Waals surface area contributed by atoms with Crippen LogP contribution in [0.1, 0.15) is 18.2 Å². The van der Waals surface area contributed by atoms with Crippen LogP contribution in [0.4, 0.5) is 5.69 Å². The first-order valence-corrected chi connectivity index (χ1v) is 8.52. The van der Waals surface area contributed by atoms with Gasteiger partial charge in [-0.3, -0.25) is 24.6 Å². The van der Waals surface area contributed by atoms with Gasteiger partial charge in [0.1, 0.15) is 5.76 Å². The zero-order valence-corrected chi connectivity index (χ0v) is 14.1. The van der Waals surface area contributed by atoms with Crippen molar-refractivity contribution in [2.24, 2.45) is 0 Å². The number of likely N-dealkylation sites (N-methyl/N-ethyl adjacent to an activating group) is 1. The van der Waals surface area contributed by atoms with Crippen LogP contribution < -0.4 is 0 Å². The van der Waals surface area contributed by atoms with Gasteiger partial charge in [0, 0.05) is 18.7 Å². The Bertz CT molecular complexity index is 856. The normalized spacial score (nSPS) is 14.5. The molecule has 0 unspecified atom stereocenters. The van der Waals surface area contributed by atoms with Gasteiger partial charge in [-0.15, -0.1) is 11.8 Å². The number of carbonyl (C=O) groups excluding carboxylic acids is 2. The lowest BCUT2D eigenvalue weighted by Crippen LogP contribution is -2.31. The minimum atomic E-state index is -0.509. The number of carbonyl (C=O) groups is 2. The third kappa shape index (κ3) is 3.20. The summed E-state index contributed by atoms with van der Waals surface area (Å²) in [6.07, 6.45) is 1.54. The molecule has 1 aromatic heterocycles. The number of non-ortho nitro benzene ring substituents is 1. The molecule has 0 saturated carbocycles. The van der Waals surface area contributed by atoms with Gasteiger partial charge in [-0.25, -0.2) is 0 Å². The summed E-state index contributed by atoms with van der Waals surface area (Å²) in [5.74, 6) is 0.367. The van der Waals surface area contributed by atoms with Crippen LogP contribution >= 0.6 is 11.8 Å². The van der Waals surface area contributed by atoms with Crippen LogP contribution in [0, 0.1) is 10.1 Å². The average molecular weight is 358 g/mol. The molecule has 0 spiro atoms. The van der Waals surface area contributed by atoms with Gasteiger partial charge < -0.3 is 4.42 Å².